The standard InChI is InChI=1S/C22H41N7O7/c1-5-11(3)16(23)19(33)28-14(10-15(30)31)18(32)29-17(12(4)6-2)20(34)27-13(21(35)36)8-7-9-26-22(24)25/h11-14,16-17H,5-10,23H2,1-4H3,(H,27,34)(H,28,33)(H,29,32)(H,30,31)(H,35,36)(H4,24,25,26). The van der Waals surface area contributed by atoms with Crippen LogP contribution in [-0.2, 0) is 24.0 Å². The molecule has 0 aliphatic heterocycles. The molecule has 14 heteroatoms. The van der Waals surface area contributed by atoms with Gasteiger partial charge in [0.05, 0.1) is 12.5 Å². The fourth-order valence-electron chi connectivity index (χ4n) is 3.14. The van der Waals surface area contributed by atoms with Gasteiger partial charge in [0.1, 0.15) is 18.1 Å². The molecule has 0 bridgehead atoms. The molecule has 6 unspecified atom stereocenters. The third-order valence-corrected chi connectivity index (χ3v) is 5.92. The summed E-state index contributed by atoms with van der Waals surface area (Å²) in [6.07, 6.45) is 0.609. The number of aliphatic carboxylic acids is 2. The number of carbonyl (C=O) groups is 5. The van der Waals surface area contributed by atoms with Crippen molar-refractivity contribution in [3.05, 3.63) is 0 Å². The van der Waals surface area contributed by atoms with Crippen LogP contribution in [0.2, 0.25) is 0 Å². The normalized spacial score (nSPS) is 15.8. The number of hydrogen-bond acceptors (Lipinski definition) is 7. The number of guanidine groups is 1. The van der Waals surface area contributed by atoms with Crippen molar-refractivity contribution in [3.8, 4) is 0 Å². The first-order valence-corrected chi connectivity index (χ1v) is 11.9. The Kier molecular flexibility index (Phi) is 14.7. The van der Waals surface area contributed by atoms with E-state index in [0.717, 1.165) is 0 Å². The van der Waals surface area contributed by atoms with E-state index in [0.29, 0.717) is 12.8 Å². The number of nitrogens with one attached hydrogen (secondary N) is 3. The fourth-order valence-corrected chi connectivity index (χ4v) is 3.14. The fraction of sp³-hybridized carbons (Fsp3) is 0.727. The van der Waals surface area contributed by atoms with Gasteiger partial charge in [-0.2, -0.15) is 0 Å². The van der Waals surface area contributed by atoms with Gasteiger partial charge in [-0.1, -0.05) is 40.5 Å². The lowest BCUT2D eigenvalue weighted by Gasteiger charge is -2.28. The third kappa shape index (κ3) is 11.8. The molecule has 0 aromatic carbocycles. The molecule has 0 saturated carbocycles. The molecule has 0 aromatic rings. The van der Waals surface area contributed by atoms with E-state index in [4.69, 9.17) is 17.2 Å². The summed E-state index contributed by atoms with van der Waals surface area (Å²) in [6.45, 7) is 7.18. The summed E-state index contributed by atoms with van der Waals surface area (Å²) in [4.78, 5) is 65.1. The summed E-state index contributed by atoms with van der Waals surface area (Å²) in [6, 6.07) is -4.89. The van der Waals surface area contributed by atoms with Crippen LogP contribution < -0.4 is 33.2 Å². The maximum absolute atomic E-state index is 13.0. The number of nitrogens with zero attached hydrogens (tertiary/aromatic N) is 1. The number of aliphatic imine (C=N–C) groups is 1. The Balaban J connectivity index is 5.56. The van der Waals surface area contributed by atoms with Gasteiger partial charge in [0.25, 0.3) is 0 Å². The summed E-state index contributed by atoms with van der Waals surface area (Å²) in [5.41, 5.74) is 16.4. The van der Waals surface area contributed by atoms with Gasteiger partial charge in [-0.3, -0.25) is 24.2 Å². The molecule has 0 aliphatic carbocycles. The predicted octanol–water partition coefficient (Wildman–Crippen LogP) is -1.53. The molecule has 0 heterocycles. The van der Waals surface area contributed by atoms with E-state index < -0.39 is 66.2 Å². The van der Waals surface area contributed by atoms with Gasteiger partial charge in [0.15, 0.2) is 5.96 Å². The molecule has 0 rings (SSSR count). The molecule has 0 radical (unpaired) electrons. The van der Waals surface area contributed by atoms with E-state index in [9.17, 15) is 34.2 Å². The second kappa shape index (κ2) is 16.3. The zero-order chi connectivity index (χ0) is 28.0. The van der Waals surface area contributed by atoms with Crippen LogP contribution >= 0.6 is 0 Å². The second-order valence-electron chi connectivity index (χ2n) is 8.79. The molecule has 0 aliphatic rings. The van der Waals surface area contributed by atoms with Crippen molar-refractivity contribution >= 4 is 35.6 Å². The van der Waals surface area contributed by atoms with Gasteiger partial charge < -0.3 is 43.4 Å². The zero-order valence-electron chi connectivity index (χ0n) is 21.3. The van der Waals surface area contributed by atoms with E-state index in [1.165, 1.54) is 0 Å². The van der Waals surface area contributed by atoms with E-state index >= 15 is 0 Å². The lowest BCUT2D eigenvalue weighted by molar-refractivity contribution is -0.143. The maximum Gasteiger partial charge on any atom is 0.326 e. The first-order chi connectivity index (χ1) is 16.7. The molecular formula is C22H41N7O7. The molecule has 0 fully saturated rings. The minimum atomic E-state index is -1.49. The minimum Gasteiger partial charge on any atom is -0.481 e. The van der Waals surface area contributed by atoms with Gasteiger partial charge in [-0.25, -0.2) is 4.79 Å². The monoisotopic (exact) mass is 515 g/mol. The Bertz CT molecular complexity index is 802. The summed E-state index contributed by atoms with van der Waals surface area (Å²) in [5, 5.41) is 25.9. The molecule has 36 heavy (non-hydrogen) atoms. The maximum atomic E-state index is 13.0. The van der Waals surface area contributed by atoms with Crippen LogP contribution in [0.4, 0.5) is 0 Å². The van der Waals surface area contributed by atoms with Crippen molar-refractivity contribution in [2.45, 2.75) is 84.0 Å². The van der Waals surface area contributed by atoms with Crippen LogP contribution in [0, 0.1) is 11.8 Å². The van der Waals surface area contributed by atoms with E-state index in [2.05, 4.69) is 20.9 Å². The average molecular weight is 516 g/mol. The number of amides is 3. The smallest absolute Gasteiger partial charge is 0.326 e. The van der Waals surface area contributed by atoms with E-state index in [-0.39, 0.29) is 31.3 Å². The average Bonchev–Trinajstić information content (AvgIpc) is 2.81. The van der Waals surface area contributed by atoms with Crippen molar-refractivity contribution in [1.29, 1.82) is 0 Å². The van der Waals surface area contributed by atoms with Crippen LogP contribution in [0.5, 0.6) is 0 Å². The lowest BCUT2D eigenvalue weighted by atomic mass is 9.96. The highest BCUT2D eigenvalue weighted by Gasteiger charge is 2.34. The summed E-state index contributed by atoms with van der Waals surface area (Å²) < 4.78 is 0. The second-order valence-corrected chi connectivity index (χ2v) is 8.79. The Morgan fingerprint density at radius 3 is 1.86 bits per heavy atom. The molecular weight excluding hydrogens is 474 g/mol. The summed E-state index contributed by atoms with van der Waals surface area (Å²) in [7, 11) is 0. The van der Waals surface area contributed by atoms with Crippen molar-refractivity contribution in [2.24, 2.45) is 34.0 Å². The predicted molar refractivity (Wildman–Crippen MR) is 132 cm³/mol. The Hall–Kier alpha value is -3.42. The highest BCUT2D eigenvalue weighted by atomic mass is 16.4. The van der Waals surface area contributed by atoms with Gasteiger partial charge in [-0.05, 0) is 24.7 Å². The largest absolute Gasteiger partial charge is 0.481 e. The highest BCUT2D eigenvalue weighted by molar-refractivity contribution is 5.95. The molecule has 14 nitrogen and oxygen atoms in total. The third-order valence-electron chi connectivity index (χ3n) is 5.92. The van der Waals surface area contributed by atoms with Crippen LogP contribution in [0.15, 0.2) is 4.99 Å². The quantitative estimate of drug-likeness (QED) is 0.0630. The first-order valence-electron chi connectivity index (χ1n) is 11.9. The number of carbonyl (C=O) groups excluding carboxylic acids is 3. The molecule has 6 atom stereocenters. The Morgan fingerprint density at radius 1 is 0.833 bits per heavy atom. The van der Waals surface area contributed by atoms with Gasteiger partial charge in [0, 0.05) is 6.54 Å². The highest BCUT2D eigenvalue weighted by Crippen LogP contribution is 2.11. The van der Waals surface area contributed by atoms with Crippen LogP contribution in [0.25, 0.3) is 0 Å². The van der Waals surface area contributed by atoms with E-state index in [1.807, 2.05) is 6.92 Å². The van der Waals surface area contributed by atoms with Crippen molar-refractivity contribution in [2.75, 3.05) is 6.54 Å². The van der Waals surface area contributed by atoms with Crippen molar-refractivity contribution in [1.82, 2.24) is 16.0 Å². The Morgan fingerprint density at radius 2 is 1.39 bits per heavy atom. The molecule has 3 amide bonds. The molecule has 11 N–H and O–H groups in total. The Labute approximate surface area is 210 Å². The van der Waals surface area contributed by atoms with E-state index in [1.54, 1.807) is 20.8 Å². The first kappa shape index (κ1) is 32.6. The van der Waals surface area contributed by atoms with Crippen LogP contribution in [0.3, 0.4) is 0 Å². The minimum absolute atomic E-state index is 0.0320. The number of rotatable bonds is 17. The van der Waals surface area contributed by atoms with Gasteiger partial charge in [0.2, 0.25) is 17.7 Å². The van der Waals surface area contributed by atoms with Gasteiger partial charge >= 0.3 is 11.9 Å². The lowest BCUT2D eigenvalue weighted by Crippen LogP contribution is -2.59. The number of nitrogens with two attached hydrogens (primary N) is 3. The number of carboxylic acid groups (broad SMARTS) is 2. The molecule has 0 aromatic heterocycles. The number of carboxylic acids is 2. The van der Waals surface area contributed by atoms with Crippen LogP contribution in [-0.4, -0.2) is 76.5 Å². The number of hydrogen-bond donors (Lipinski definition) is 8. The van der Waals surface area contributed by atoms with Gasteiger partial charge in [-0.15, -0.1) is 0 Å². The topological polar surface area (TPSA) is 252 Å². The molecule has 0 saturated heterocycles. The molecule has 206 valence electrons. The van der Waals surface area contributed by atoms with Crippen molar-refractivity contribution < 1.29 is 34.2 Å². The summed E-state index contributed by atoms with van der Waals surface area (Å²) >= 11 is 0. The van der Waals surface area contributed by atoms with Crippen molar-refractivity contribution in [3.63, 3.8) is 0 Å². The SMILES string of the molecule is CCC(C)C(N)C(=O)NC(CC(=O)O)C(=O)NC(C(=O)NC(CCCN=C(N)N)C(=O)O)C(C)CC. The molecule has 0 spiro atoms. The summed E-state index contributed by atoms with van der Waals surface area (Å²) in [5.74, 6) is -5.77. The zero-order valence-corrected chi connectivity index (χ0v) is 21.3. The van der Waals surface area contributed by atoms with Crippen LogP contribution in [0.1, 0.15) is 59.8 Å².